The van der Waals surface area contributed by atoms with Gasteiger partial charge in [0.1, 0.15) is 17.4 Å². The van der Waals surface area contributed by atoms with Gasteiger partial charge in [0, 0.05) is 11.1 Å². The number of benzene rings is 1. The fourth-order valence-electron chi connectivity index (χ4n) is 2.76. The highest BCUT2D eigenvalue weighted by Crippen LogP contribution is 2.23. The van der Waals surface area contributed by atoms with E-state index in [0.717, 1.165) is 23.8 Å². The van der Waals surface area contributed by atoms with Crippen molar-refractivity contribution >= 4 is 6.03 Å². The third-order valence-corrected chi connectivity index (χ3v) is 3.92. The lowest BCUT2D eigenvalue weighted by atomic mass is 10.0. The molecule has 0 aliphatic rings. The highest BCUT2D eigenvalue weighted by molar-refractivity contribution is 5.75. The molecule has 2 aromatic rings. The van der Waals surface area contributed by atoms with Crippen LogP contribution in [-0.4, -0.2) is 11.2 Å². The van der Waals surface area contributed by atoms with E-state index in [2.05, 4.69) is 15.8 Å². The number of hydrogen-bond donors (Lipinski definition) is 2. The zero-order valence-corrected chi connectivity index (χ0v) is 14.1. The van der Waals surface area contributed by atoms with Crippen molar-refractivity contribution in [2.75, 3.05) is 0 Å². The fourth-order valence-corrected chi connectivity index (χ4v) is 2.76. The summed E-state index contributed by atoms with van der Waals surface area (Å²) in [5.74, 6) is -0.470. The number of halogens is 2. The smallest absolute Gasteiger partial charge is 0.315 e. The second-order valence-corrected chi connectivity index (χ2v) is 5.70. The molecule has 0 fully saturated rings. The summed E-state index contributed by atoms with van der Waals surface area (Å²) in [6.07, 6.45) is 0.424. The minimum absolute atomic E-state index is 0.123. The molecule has 2 rings (SSSR count). The van der Waals surface area contributed by atoms with Gasteiger partial charge in [0.25, 0.3) is 0 Å². The van der Waals surface area contributed by atoms with E-state index in [1.165, 1.54) is 0 Å². The fraction of sp³-hybridized carbons (Fsp3) is 0.412. The van der Waals surface area contributed by atoms with Gasteiger partial charge in [0.05, 0.1) is 17.8 Å². The number of aryl methyl sites for hydroxylation is 2. The molecule has 0 aliphatic heterocycles. The Labute approximate surface area is 139 Å². The maximum Gasteiger partial charge on any atom is 0.315 e. The topological polar surface area (TPSA) is 67.2 Å². The Morgan fingerprint density at radius 2 is 2.00 bits per heavy atom. The number of urea groups is 1. The van der Waals surface area contributed by atoms with Crippen LogP contribution >= 0.6 is 0 Å². The highest BCUT2D eigenvalue weighted by atomic mass is 19.1. The minimum Gasteiger partial charge on any atom is -0.361 e. The molecule has 0 saturated heterocycles. The van der Waals surface area contributed by atoms with Gasteiger partial charge >= 0.3 is 6.03 Å². The van der Waals surface area contributed by atoms with Crippen molar-refractivity contribution in [3.05, 3.63) is 52.4 Å². The number of nitrogens with one attached hydrogen (secondary N) is 2. The average Bonchev–Trinajstić information content (AvgIpc) is 2.86. The monoisotopic (exact) mass is 337 g/mol. The zero-order valence-electron chi connectivity index (χ0n) is 14.1. The van der Waals surface area contributed by atoms with E-state index in [9.17, 15) is 13.6 Å². The number of amides is 2. The van der Waals surface area contributed by atoms with Crippen LogP contribution in [-0.2, 0) is 0 Å². The normalized spacial score (nSPS) is 13.4. The van der Waals surface area contributed by atoms with Crippen LogP contribution in [0.25, 0.3) is 0 Å². The lowest BCUT2D eigenvalue weighted by molar-refractivity contribution is 0.233. The molecular weight excluding hydrogens is 316 g/mol. The SMILES string of the molecule is CC[C@@H](NC(=O)N[C@H](C)c1c(C)noc1C)c1cc(F)ccc1F. The molecule has 2 N–H and O–H groups in total. The van der Waals surface area contributed by atoms with Crippen molar-refractivity contribution in [3.63, 3.8) is 0 Å². The number of aromatic nitrogens is 1. The van der Waals surface area contributed by atoms with Crippen molar-refractivity contribution in [3.8, 4) is 0 Å². The molecule has 0 saturated carbocycles. The van der Waals surface area contributed by atoms with Gasteiger partial charge in [-0.2, -0.15) is 0 Å². The molecule has 0 aliphatic carbocycles. The highest BCUT2D eigenvalue weighted by Gasteiger charge is 2.21. The van der Waals surface area contributed by atoms with E-state index in [0.29, 0.717) is 17.9 Å². The first-order valence-corrected chi connectivity index (χ1v) is 7.78. The van der Waals surface area contributed by atoms with E-state index in [-0.39, 0.29) is 11.6 Å². The summed E-state index contributed by atoms with van der Waals surface area (Å²) in [6, 6.07) is 1.77. The van der Waals surface area contributed by atoms with Crippen LogP contribution in [0.15, 0.2) is 22.7 Å². The Bertz CT molecular complexity index is 711. The summed E-state index contributed by atoms with van der Waals surface area (Å²) in [5, 5.41) is 9.29. The molecule has 24 heavy (non-hydrogen) atoms. The van der Waals surface area contributed by atoms with Crippen molar-refractivity contribution in [2.24, 2.45) is 0 Å². The summed E-state index contributed by atoms with van der Waals surface area (Å²) in [5.41, 5.74) is 1.62. The molecule has 5 nitrogen and oxygen atoms in total. The molecule has 130 valence electrons. The average molecular weight is 337 g/mol. The first-order chi connectivity index (χ1) is 11.3. The van der Waals surface area contributed by atoms with E-state index >= 15 is 0 Å². The molecule has 0 radical (unpaired) electrons. The van der Waals surface area contributed by atoms with Crippen LogP contribution in [0.5, 0.6) is 0 Å². The summed E-state index contributed by atoms with van der Waals surface area (Å²) >= 11 is 0. The third-order valence-electron chi connectivity index (χ3n) is 3.92. The molecule has 2 atom stereocenters. The second kappa shape index (κ2) is 7.42. The van der Waals surface area contributed by atoms with Crippen molar-refractivity contribution < 1.29 is 18.1 Å². The third kappa shape index (κ3) is 3.90. The molecule has 2 amide bonds. The van der Waals surface area contributed by atoms with E-state index < -0.39 is 23.7 Å². The minimum atomic E-state index is -0.627. The molecule has 1 heterocycles. The summed E-state index contributed by atoms with van der Waals surface area (Å²) < 4.78 is 32.3. The molecule has 0 unspecified atom stereocenters. The van der Waals surface area contributed by atoms with Crippen molar-refractivity contribution in [2.45, 2.75) is 46.2 Å². The van der Waals surface area contributed by atoms with Gasteiger partial charge in [-0.3, -0.25) is 0 Å². The van der Waals surface area contributed by atoms with Gasteiger partial charge in [-0.25, -0.2) is 13.6 Å². The van der Waals surface area contributed by atoms with Gasteiger partial charge in [-0.15, -0.1) is 0 Å². The van der Waals surface area contributed by atoms with Gasteiger partial charge in [-0.1, -0.05) is 12.1 Å². The Morgan fingerprint density at radius 1 is 1.29 bits per heavy atom. The maximum atomic E-state index is 13.9. The van der Waals surface area contributed by atoms with E-state index in [1.807, 2.05) is 0 Å². The number of rotatable bonds is 5. The van der Waals surface area contributed by atoms with Crippen LogP contribution in [0.1, 0.15) is 54.9 Å². The predicted molar refractivity (Wildman–Crippen MR) is 85.4 cm³/mol. The first-order valence-electron chi connectivity index (χ1n) is 7.78. The Balaban J connectivity index is 2.08. The maximum absolute atomic E-state index is 13.9. The van der Waals surface area contributed by atoms with Gasteiger partial charge in [-0.05, 0) is 45.4 Å². The van der Waals surface area contributed by atoms with Crippen LogP contribution < -0.4 is 10.6 Å². The predicted octanol–water partition coefficient (Wildman–Crippen LogP) is 4.08. The summed E-state index contributed by atoms with van der Waals surface area (Å²) in [7, 11) is 0. The Morgan fingerprint density at radius 3 is 2.58 bits per heavy atom. The lowest BCUT2D eigenvalue weighted by Gasteiger charge is -2.21. The van der Waals surface area contributed by atoms with Gasteiger partial charge < -0.3 is 15.2 Å². The molecule has 0 spiro atoms. The van der Waals surface area contributed by atoms with Gasteiger partial charge in [0.15, 0.2) is 0 Å². The summed E-state index contributed by atoms with van der Waals surface area (Å²) in [6.45, 7) is 7.14. The molecule has 1 aromatic carbocycles. The Kier molecular flexibility index (Phi) is 5.54. The molecule has 1 aromatic heterocycles. The molecule has 7 heteroatoms. The molecular formula is C17H21F2N3O2. The zero-order chi connectivity index (χ0) is 17.9. The number of carbonyl (C=O) groups excluding carboxylic acids is 1. The standard InChI is InChI=1S/C17H21F2N3O2/c1-5-15(13-8-12(18)6-7-14(13)19)21-17(23)20-9(2)16-10(3)22-24-11(16)4/h6-9,15H,5H2,1-4H3,(H2,20,21,23)/t9-,15-/m1/s1. The summed E-state index contributed by atoms with van der Waals surface area (Å²) in [4.78, 5) is 12.2. The number of carbonyl (C=O) groups is 1. The van der Waals surface area contributed by atoms with Gasteiger partial charge in [0.2, 0.25) is 0 Å². The lowest BCUT2D eigenvalue weighted by Crippen LogP contribution is -2.39. The van der Waals surface area contributed by atoms with E-state index in [4.69, 9.17) is 4.52 Å². The van der Waals surface area contributed by atoms with Crippen molar-refractivity contribution in [1.29, 1.82) is 0 Å². The van der Waals surface area contributed by atoms with Crippen LogP contribution in [0, 0.1) is 25.5 Å². The van der Waals surface area contributed by atoms with Crippen molar-refractivity contribution in [1.82, 2.24) is 15.8 Å². The largest absolute Gasteiger partial charge is 0.361 e. The number of hydrogen-bond acceptors (Lipinski definition) is 3. The number of nitrogens with zero attached hydrogens (tertiary/aromatic N) is 1. The van der Waals surface area contributed by atoms with E-state index in [1.54, 1.807) is 27.7 Å². The van der Waals surface area contributed by atoms with Crippen LogP contribution in [0.2, 0.25) is 0 Å². The van der Waals surface area contributed by atoms with Crippen LogP contribution in [0.4, 0.5) is 13.6 Å². The quantitative estimate of drug-likeness (QED) is 0.864. The first kappa shape index (κ1) is 17.9. The second-order valence-electron chi connectivity index (χ2n) is 5.70. The molecule has 0 bridgehead atoms. The van der Waals surface area contributed by atoms with Crippen LogP contribution in [0.3, 0.4) is 0 Å². The Hall–Kier alpha value is -2.44.